The highest BCUT2D eigenvalue weighted by molar-refractivity contribution is 5.97. The quantitative estimate of drug-likeness (QED) is 0.550. The molecule has 19 heavy (non-hydrogen) atoms. The van der Waals surface area contributed by atoms with Crippen LogP contribution in [0.1, 0.15) is 30.6 Å². The fourth-order valence-electron chi connectivity index (χ4n) is 1.91. The van der Waals surface area contributed by atoms with Crippen molar-refractivity contribution in [1.82, 2.24) is 10.2 Å². The number of carbonyl (C=O) groups is 1. The second kappa shape index (κ2) is 8.77. The van der Waals surface area contributed by atoms with Crippen LogP contribution >= 0.6 is 0 Å². The number of halogens is 1. The molecule has 0 unspecified atom stereocenters. The molecule has 0 saturated heterocycles. The third kappa shape index (κ3) is 5.94. The van der Waals surface area contributed by atoms with E-state index in [1.807, 2.05) is 0 Å². The lowest BCUT2D eigenvalue weighted by Gasteiger charge is -2.17. The molecule has 3 nitrogen and oxygen atoms in total. The average molecular weight is 266 g/mol. The van der Waals surface area contributed by atoms with Gasteiger partial charge in [0.2, 0.25) is 0 Å². The topological polar surface area (TPSA) is 32.3 Å². The highest BCUT2D eigenvalue weighted by Crippen LogP contribution is 2.03. The zero-order chi connectivity index (χ0) is 14.1. The molecule has 0 atom stereocenters. The van der Waals surface area contributed by atoms with Gasteiger partial charge in [0, 0.05) is 5.56 Å². The summed E-state index contributed by atoms with van der Waals surface area (Å²) in [5.74, 6) is -0.313. The Labute approximate surface area is 114 Å². The molecule has 1 rings (SSSR count). The first-order valence-corrected chi connectivity index (χ1v) is 6.89. The molecule has 0 aliphatic rings. The normalized spacial score (nSPS) is 10.9. The second-order valence-corrected chi connectivity index (χ2v) is 4.49. The number of Topliss-reactive ketones (excluding diaryl/α,β-unsaturated/α-hetero) is 1. The van der Waals surface area contributed by atoms with E-state index in [-0.39, 0.29) is 11.6 Å². The highest BCUT2D eigenvalue weighted by Gasteiger charge is 2.05. The van der Waals surface area contributed by atoms with Gasteiger partial charge < -0.3 is 10.2 Å². The van der Waals surface area contributed by atoms with Gasteiger partial charge in [-0.25, -0.2) is 4.39 Å². The molecule has 0 saturated carbocycles. The molecule has 0 spiro atoms. The summed E-state index contributed by atoms with van der Waals surface area (Å²) >= 11 is 0. The second-order valence-electron chi connectivity index (χ2n) is 4.49. The number of hydrogen-bond acceptors (Lipinski definition) is 3. The molecular weight excluding hydrogens is 243 g/mol. The van der Waals surface area contributed by atoms with E-state index in [1.54, 1.807) is 0 Å². The van der Waals surface area contributed by atoms with E-state index in [0.29, 0.717) is 12.1 Å². The van der Waals surface area contributed by atoms with Crippen LogP contribution in [0.15, 0.2) is 24.3 Å². The molecule has 0 heterocycles. The molecule has 106 valence electrons. The van der Waals surface area contributed by atoms with Gasteiger partial charge in [-0.05, 0) is 56.9 Å². The van der Waals surface area contributed by atoms with Crippen LogP contribution in [0, 0.1) is 5.82 Å². The minimum absolute atomic E-state index is 0.00263. The number of rotatable bonds is 9. The average Bonchev–Trinajstić information content (AvgIpc) is 2.43. The Hall–Kier alpha value is -1.26. The molecule has 0 bridgehead atoms. The van der Waals surface area contributed by atoms with E-state index in [9.17, 15) is 9.18 Å². The summed E-state index contributed by atoms with van der Waals surface area (Å²) in [6.45, 7) is 8.60. The molecule has 0 fully saturated rings. The van der Waals surface area contributed by atoms with E-state index in [0.717, 1.165) is 32.6 Å². The third-order valence-corrected chi connectivity index (χ3v) is 3.17. The summed E-state index contributed by atoms with van der Waals surface area (Å²) in [5, 5.41) is 3.13. The molecular formula is C15H23FN2O. The van der Waals surface area contributed by atoms with E-state index in [1.165, 1.54) is 24.3 Å². The van der Waals surface area contributed by atoms with Crippen molar-refractivity contribution < 1.29 is 9.18 Å². The number of carbonyl (C=O) groups excluding carboxylic acids is 1. The highest BCUT2D eigenvalue weighted by atomic mass is 19.1. The number of hydrogen-bond donors (Lipinski definition) is 1. The van der Waals surface area contributed by atoms with E-state index in [2.05, 4.69) is 24.1 Å². The van der Waals surface area contributed by atoms with Crippen molar-refractivity contribution in [3.8, 4) is 0 Å². The SMILES string of the molecule is CCN(CC)CCCNCC(=O)c1ccc(F)cc1. The summed E-state index contributed by atoms with van der Waals surface area (Å²) in [7, 11) is 0. The third-order valence-electron chi connectivity index (χ3n) is 3.17. The van der Waals surface area contributed by atoms with E-state index >= 15 is 0 Å². The minimum Gasteiger partial charge on any atom is -0.310 e. The van der Waals surface area contributed by atoms with Gasteiger partial charge in [-0.3, -0.25) is 4.79 Å². The Morgan fingerprint density at radius 2 is 1.84 bits per heavy atom. The van der Waals surface area contributed by atoms with Gasteiger partial charge in [0.1, 0.15) is 5.82 Å². The van der Waals surface area contributed by atoms with Gasteiger partial charge in [0.15, 0.2) is 5.78 Å². The molecule has 0 radical (unpaired) electrons. The number of nitrogens with one attached hydrogen (secondary N) is 1. The molecule has 0 aliphatic heterocycles. The van der Waals surface area contributed by atoms with Crippen LogP contribution in [-0.4, -0.2) is 43.4 Å². The Morgan fingerprint density at radius 1 is 1.21 bits per heavy atom. The van der Waals surface area contributed by atoms with Crippen LogP contribution in [-0.2, 0) is 0 Å². The molecule has 0 aliphatic carbocycles. The summed E-state index contributed by atoms with van der Waals surface area (Å²) in [6, 6.07) is 5.67. The maximum Gasteiger partial charge on any atom is 0.176 e. The van der Waals surface area contributed by atoms with E-state index in [4.69, 9.17) is 0 Å². The maximum atomic E-state index is 12.7. The largest absolute Gasteiger partial charge is 0.310 e. The Morgan fingerprint density at radius 3 is 2.42 bits per heavy atom. The van der Waals surface area contributed by atoms with Crippen LogP contribution < -0.4 is 5.32 Å². The monoisotopic (exact) mass is 266 g/mol. The maximum absolute atomic E-state index is 12.7. The lowest BCUT2D eigenvalue weighted by molar-refractivity contribution is 0.0991. The van der Waals surface area contributed by atoms with Crippen molar-refractivity contribution in [2.75, 3.05) is 32.7 Å². The smallest absolute Gasteiger partial charge is 0.176 e. The van der Waals surface area contributed by atoms with E-state index < -0.39 is 0 Å². The molecule has 1 aromatic rings. The van der Waals surface area contributed by atoms with Crippen molar-refractivity contribution in [2.24, 2.45) is 0 Å². The first kappa shape index (κ1) is 15.8. The first-order valence-electron chi connectivity index (χ1n) is 6.89. The molecule has 0 aromatic heterocycles. The predicted molar refractivity (Wildman–Crippen MR) is 76.0 cm³/mol. The molecule has 0 amide bonds. The van der Waals surface area contributed by atoms with Gasteiger partial charge in [-0.15, -0.1) is 0 Å². The van der Waals surface area contributed by atoms with Crippen molar-refractivity contribution in [3.63, 3.8) is 0 Å². The van der Waals surface area contributed by atoms with Crippen molar-refractivity contribution in [2.45, 2.75) is 20.3 Å². The standard InChI is InChI=1S/C15H23FN2O/c1-3-18(4-2)11-5-10-17-12-15(19)13-6-8-14(16)9-7-13/h6-9,17H,3-5,10-12H2,1-2H3. The lowest BCUT2D eigenvalue weighted by atomic mass is 10.1. The van der Waals surface area contributed by atoms with Crippen molar-refractivity contribution >= 4 is 5.78 Å². The van der Waals surface area contributed by atoms with Gasteiger partial charge in [-0.2, -0.15) is 0 Å². The van der Waals surface area contributed by atoms with Crippen LogP contribution in [0.3, 0.4) is 0 Å². The fourth-order valence-corrected chi connectivity index (χ4v) is 1.91. The Balaban J connectivity index is 2.19. The molecule has 4 heteroatoms. The zero-order valence-electron chi connectivity index (χ0n) is 11.8. The van der Waals surface area contributed by atoms with Crippen molar-refractivity contribution in [3.05, 3.63) is 35.6 Å². The lowest BCUT2D eigenvalue weighted by Crippen LogP contribution is -2.29. The summed E-state index contributed by atoms with van der Waals surface area (Å²) in [6.07, 6.45) is 1.03. The molecule has 1 aromatic carbocycles. The molecule has 1 N–H and O–H groups in total. The van der Waals surface area contributed by atoms with Gasteiger partial charge >= 0.3 is 0 Å². The van der Waals surface area contributed by atoms with Crippen LogP contribution in [0.4, 0.5) is 4.39 Å². The zero-order valence-corrected chi connectivity index (χ0v) is 11.8. The minimum atomic E-state index is -0.316. The Bertz CT molecular complexity index is 374. The number of nitrogens with zero attached hydrogens (tertiary/aromatic N) is 1. The van der Waals surface area contributed by atoms with Gasteiger partial charge in [-0.1, -0.05) is 13.8 Å². The summed E-state index contributed by atoms with van der Waals surface area (Å²) in [5.41, 5.74) is 0.553. The fraction of sp³-hybridized carbons (Fsp3) is 0.533. The van der Waals surface area contributed by atoms with Crippen LogP contribution in [0.2, 0.25) is 0 Å². The predicted octanol–water partition coefficient (Wildman–Crippen LogP) is 2.33. The first-order chi connectivity index (χ1) is 9.17. The summed E-state index contributed by atoms with van der Waals surface area (Å²) < 4.78 is 12.7. The van der Waals surface area contributed by atoms with Crippen molar-refractivity contribution in [1.29, 1.82) is 0 Å². The summed E-state index contributed by atoms with van der Waals surface area (Å²) in [4.78, 5) is 14.1. The van der Waals surface area contributed by atoms with Crippen LogP contribution in [0.25, 0.3) is 0 Å². The number of benzene rings is 1. The Kier molecular flexibility index (Phi) is 7.30. The van der Waals surface area contributed by atoms with Crippen LogP contribution in [0.5, 0.6) is 0 Å². The number of ketones is 1. The van der Waals surface area contributed by atoms with Gasteiger partial charge in [0.05, 0.1) is 6.54 Å². The van der Waals surface area contributed by atoms with Gasteiger partial charge in [0.25, 0.3) is 0 Å².